The molecule has 2 aromatic carbocycles. The zero-order valence-electron chi connectivity index (χ0n) is 34.5. The molecule has 0 spiro atoms. The molecule has 3 fully saturated rings. The van der Waals surface area contributed by atoms with Gasteiger partial charge < -0.3 is 40.2 Å². The molecule has 4 aromatic heterocycles. The summed E-state index contributed by atoms with van der Waals surface area (Å²) in [6, 6.07) is 2.93. The molecule has 6 aromatic rings. The van der Waals surface area contributed by atoms with Crippen molar-refractivity contribution in [3.05, 3.63) is 89.0 Å². The van der Waals surface area contributed by atoms with E-state index in [-0.39, 0.29) is 88.4 Å². The number of aromatic amines is 1. The lowest BCUT2D eigenvalue weighted by Crippen LogP contribution is -2.38. The number of amides is 2. The van der Waals surface area contributed by atoms with E-state index < -0.39 is 97.0 Å². The Balaban J connectivity index is 1.02. The first-order valence-corrected chi connectivity index (χ1v) is 20.6. The molecule has 8 atom stereocenters. The summed E-state index contributed by atoms with van der Waals surface area (Å²) >= 11 is 0. The van der Waals surface area contributed by atoms with Gasteiger partial charge in [-0.25, -0.2) is 41.9 Å². The number of fused-ring (bicyclic) bond motifs is 2. The average molecular weight is 929 g/mol. The summed E-state index contributed by atoms with van der Waals surface area (Å²) in [4.78, 5) is 54.9. The highest BCUT2D eigenvalue weighted by atomic mass is 19.3. The topological polar surface area (TPSA) is 222 Å². The van der Waals surface area contributed by atoms with Crippen LogP contribution in [0.2, 0.25) is 0 Å². The number of benzene rings is 2. The number of nitrogens with zero attached hydrogens (tertiary/aromatic N) is 9. The number of aromatic nitrogens is 8. The van der Waals surface area contributed by atoms with E-state index in [0.717, 1.165) is 57.6 Å². The number of hydrogen-bond donors (Lipinski definition) is 5. The maximum absolute atomic E-state index is 15.5. The van der Waals surface area contributed by atoms with Gasteiger partial charge in [0.15, 0.2) is 17.0 Å². The normalized spacial score (nSPS) is 24.1. The first-order chi connectivity index (χ1) is 31.6. The Morgan fingerprint density at radius 1 is 0.864 bits per heavy atom. The maximum Gasteiger partial charge on any atom is 0.387 e. The van der Waals surface area contributed by atoms with Crippen LogP contribution in [0.1, 0.15) is 70.2 Å². The second-order valence-corrected chi connectivity index (χ2v) is 16.4. The van der Waals surface area contributed by atoms with Gasteiger partial charge in [0.1, 0.15) is 65.9 Å². The molecule has 0 bridgehead atoms. The summed E-state index contributed by atoms with van der Waals surface area (Å²) < 4.78 is 104. The minimum atomic E-state index is -3.24. The zero-order valence-corrected chi connectivity index (χ0v) is 34.5. The van der Waals surface area contributed by atoms with Gasteiger partial charge in [-0.15, -0.1) is 5.10 Å². The van der Waals surface area contributed by atoms with Crippen molar-refractivity contribution in [2.75, 3.05) is 24.2 Å². The summed E-state index contributed by atoms with van der Waals surface area (Å²) in [5, 5.41) is 38.3. The number of alkyl halides is 4. The zero-order chi connectivity index (χ0) is 46.6. The minimum Gasteiger partial charge on any atom is -0.435 e. The van der Waals surface area contributed by atoms with Gasteiger partial charge in [0.25, 0.3) is 11.8 Å². The molecule has 1 saturated heterocycles. The van der Waals surface area contributed by atoms with Crippen molar-refractivity contribution >= 4 is 45.5 Å². The number of H-pyrrole nitrogens is 1. The minimum absolute atomic E-state index is 0.00235. The Hall–Kier alpha value is -6.89. The lowest BCUT2D eigenvalue weighted by atomic mass is 10.0. The molecule has 0 radical (unpaired) electrons. The van der Waals surface area contributed by atoms with Crippen LogP contribution in [-0.4, -0.2) is 135 Å². The van der Waals surface area contributed by atoms with Crippen molar-refractivity contribution in [2.24, 2.45) is 0 Å². The van der Waals surface area contributed by atoms with E-state index in [0.29, 0.717) is 12.5 Å². The van der Waals surface area contributed by atoms with Gasteiger partial charge in [-0.1, -0.05) is 4.85 Å². The van der Waals surface area contributed by atoms with E-state index in [9.17, 15) is 46.1 Å². The third-order valence-corrected chi connectivity index (χ3v) is 11.8. The predicted molar refractivity (Wildman–Crippen MR) is 216 cm³/mol. The molecule has 348 valence electrons. The molecule has 18 nitrogen and oxygen atoms in total. The molecule has 2 amide bonds. The van der Waals surface area contributed by atoms with Crippen LogP contribution in [-0.2, 0) is 6.54 Å². The molecule has 3 aliphatic rings. The molecule has 5 N–H and O–H groups in total. The van der Waals surface area contributed by atoms with Crippen LogP contribution < -0.4 is 20.2 Å². The monoisotopic (exact) mass is 928 g/mol. The van der Waals surface area contributed by atoms with E-state index in [4.69, 9.17) is 4.84 Å². The van der Waals surface area contributed by atoms with Gasteiger partial charge >= 0.3 is 6.61 Å². The third kappa shape index (κ3) is 8.78. The number of aliphatic hydroxyl groups is 2. The van der Waals surface area contributed by atoms with Crippen molar-refractivity contribution in [1.29, 1.82) is 0 Å². The summed E-state index contributed by atoms with van der Waals surface area (Å²) in [6.45, 7) is -3.96. The highest BCUT2D eigenvalue weighted by Gasteiger charge is 2.42. The average Bonchev–Trinajstić information content (AvgIpc) is 4.09. The first kappa shape index (κ1) is 44.3. The fourth-order valence-corrected chi connectivity index (χ4v) is 8.83. The summed E-state index contributed by atoms with van der Waals surface area (Å²) in [5.74, 6) is -4.78. The Morgan fingerprint density at radius 3 is 2.30 bits per heavy atom. The molecule has 9 rings (SSSR count). The van der Waals surface area contributed by atoms with E-state index in [1.165, 1.54) is 7.05 Å². The molecule has 66 heavy (non-hydrogen) atoms. The van der Waals surface area contributed by atoms with Gasteiger partial charge in [0.2, 0.25) is 5.65 Å². The number of halogens is 7. The van der Waals surface area contributed by atoms with Crippen molar-refractivity contribution in [2.45, 2.75) is 94.0 Å². The first-order valence-electron chi connectivity index (χ1n) is 20.6. The highest BCUT2D eigenvalue weighted by molar-refractivity contribution is 6.08. The van der Waals surface area contributed by atoms with E-state index in [2.05, 4.69) is 50.6 Å². The summed E-state index contributed by atoms with van der Waals surface area (Å²) in [5.41, 5.74) is -0.459. The fraction of sp³-hybridized carbons (Fsp3) is 0.415. The number of likely N-dealkylation sites (tertiary alicyclic amines) is 1. The Morgan fingerprint density at radius 2 is 1.58 bits per heavy atom. The van der Waals surface area contributed by atoms with E-state index in [1.54, 1.807) is 0 Å². The number of aliphatic hydroxyl groups excluding tert-OH is 2. The number of rotatable bonds is 13. The second-order valence-electron chi connectivity index (χ2n) is 16.4. The van der Waals surface area contributed by atoms with Gasteiger partial charge in [-0.2, -0.15) is 13.9 Å². The largest absolute Gasteiger partial charge is 0.435 e. The Labute approximate surface area is 368 Å². The Kier molecular flexibility index (Phi) is 12.0. The lowest BCUT2D eigenvalue weighted by Gasteiger charge is -2.24. The van der Waals surface area contributed by atoms with Crippen molar-refractivity contribution in [3.63, 3.8) is 0 Å². The van der Waals surface area contributed by atoms with Gasteiger partial charge in [0, 0.05) is 45.0 Å². The van der Waals surface area contributed by atoms with Gasteiger partial charge in [0.05, 0.1) is 47.7 Å². The molecule has 0 unspecified atom stereocenters. The lowest BCUT2D eigenvalue weighted by molar-refractivity contribution is -0.0500. The highest BCUT2D eigenvalue weighted by Crippen LogP contribution is 2.38. The van der Waals surface area contributed by atoms with Crippen LogP contribution in [0, 0.1) is 17.5 Å². The molecule has 1 aliphatic heterocycles. The Bertz CT molecular complexity index is 2780. The number of ether oxygens (including phenoxy) is 1. The number of nitrogens with one attached hydrogen (secondary N) is 3. The van der Waals surface area contributed by atoms with Crippen LogP contribution in [0.3, 0.4) is 0 Å². The maximum atomic E-state index is 15.5. The van der Waals surface area contributed by atoms with E-state index >= 15 is 4.39 Å². The van der Waals surface area contributed by atoms with Crippen LogP contribution >= 0.6 is 0 Å². The predicted octanol–water partition coefficient (Wildman–Crippen LogP) is 4.41. The van der Waals surface area contributed by atoms with Crippen molar-refractivity contribution in [1.82, 2.24) is 49.9 Å². The number of carbonyl (C=O) groups excluding carboxylic acids is 2. The SMILES string of the molecule is CN(Cc1cc(F)cc(OC(F)F)c1)C(=O)c1nn(O[C@@H]2C[C@H](F)C[C@H]2Nc2ncnc3[nH]nc(C(=O)N4C[C@@H](F)C[C@@H]4c4cc(F)cc(F)c4)c23)c2ncnc(N[C@@H]3CC[C@@H](O)[C@H]3O)c12. The summed E-state index contributed by atoms with van der Waals surface area (Å²) in [7, 11) is 1.34. The quantitative estimate of drug-likeness (QED) is 0.101. The molecule has 25 heteroatoms. The van der Waals surface area contributed by atoms with Crippen LogP contribution in [0.25, 0.3) is 22.1 Å². The molecule has 2 aliphatic carbocycles. The number of anilines is 2. The van der Waals surface area contributed by atoms with Crippen LogP contribution in [0.15, 0.2) is 49.1 Å². The molecular formula is C41H39F7N12O6. The van der Waals surface area contributed by atoms with Crippen LogP contribution in [0.5, 0.6) is 5.75 Å². The summed E-state index contributed by atoms with van der Waals surface area (Å²) in [6.07, 6.45) is -4.09. The number of carbonyl (C=O) groups is 2. The molecule has 5 heterocycles. The number of hydrogen-bond acceptors (Lipinski definition) is 14. The molecule has 2 saturated carbocycles. The van der Waals surface area contributed by atoms with Crippen molar-refractivity contribution in [3.8, 4) is 5.75 Å². The van der Waals surface area contributed by atoms with Gasteiger partial charge in [-0.05, 0) is 48.2 Å². The standard InChI is InChI=1S/C41H39F7N12O6/c1-58(13-17-4-19(42)9-24(5-17)65-41(47)48)39(63)33-31-36(53-25-2-3-28(61)34(25)62)50-16-52-38(31)60(57-33)66-29-12-22(45)10-26(29)54-35-30-32(55-56-37(30)51-15-49-35)40(64)59-14-23(46)11-27(59)18-6-20(43)8-21(44)7-18/h4-9,15-16,22-23,25-29,34,41,61-62H,2-3,10-14H2,1H3,(H,50,52,53)(H2,49,51,54,55,56)/t22-,23+,25-,26-,27-,28-,29-,34+/m1/s1. The smallest absolute Gasteiger partial charge is 0.387 e. The van der Waals surface area contributed by atoms with Crippen LogP contribution in [0.4, 0.5) is 42.4 Å². The fourth-order valence-electron chi connectivity index (χ4n) is 8.83. The molecular weight excluding hydrogens is 890 g/mol. The second kappa shape index (κ2) is 17.8. The van der Waals surface area contributed by atoms with Gasteiger partial charge in [-0.3, -0.25) is 14.7 Å². The van der Waals surface area contributed by atoms with E-state index in [1.807, 2.05) is 0 Å². The van der Waals surface area contributed by atoms with Crippen molar-refractivity contribution < 1.29 is 60.1 Å². The third-order valence-electron chi connectivity index (χ3n) is 11.8.